The van der Waals surface area contributed by atoms with Gasteiger partial charge in [-0.2, -0.15) is 0 Å². The van der Waals surface area contributed by atoms with Crippen molar-refractivity contribution in [1.29, 1.82) is 0 Å². The number of ether oxygens (including phenoxy) is 4. The molecule has 3 aromatic rings. The standard InChI is InChI=1S/C40H49N2O6/c1-42-24-21-31(34(29-45-2)38(43)46-3)27-37(42)40(22-25-42)35-15-9-10-16-36(35)41(39(40)44)23-11-4-5-12-26-47-32-17-19-33(20-18-32)48-28-30-13-7-6-8-14-30/h6-10,13-20,29,31,37H,4-5,11-12,21-28H2,1-3H3/q+1/b34-29+/t31-,37?,40-,42?/m1/s1. The topological polar surface area (TPSA) is 74.3 Å². The highest BCUT2D eigenvalue weighted by atomic mass is 16.5. The number of rotatable bonds is 14. The maximum Gasteiger partial charge on any atom is 0.337 e. The molecule has 2 fully saturated rings. The smallest absolute Gasteiger partial charge is 0.337 e. The third kappa shape index (κ3) is 6.68. The number of para-hydroxylation sites is 1. The lowest BCUT2D eigenvalue weighted by Crippen LogP contribution is -2.60. The Labute approximate surface area is 284 Å². The molecule has 3 aliphatic rings. The second-order valence-corrected chi connectivity index (χ2v) is 13.7. The molecule has 2 unspecified atom stereocenters. The van der Waals surface area contributed by atoms with E-state index in [4.69, 9.17) is 18.9 Å². The van der Waals surface area contributed by atoms with Gasteiger partial charge in [0.2, 0.25) is 5.91 Å². The number of methoxy groups -OCH3 is 2. The molecule has 8 nitrogen and oxygen atoms in total. The molecule has 2 saturated heterocycles. The van der Waals surface area contributed by atoms with Gasteiger partial charge in [-0.3, -0.25) is 4.79 Å². The molecule has 0 radical (unpaired) electrons. The molecule has 0 N–H and O–H groups in total. The Hall–Kier alpha value is -4.30. The van der Waals surface area contributed by atoms with Crippen LogP contribution < -0.4 is 14.4 Å². The van der Waals surface area contributed by atoms with Crippen LogP contribution in [0.1, 0.15) is 56.1 Å². The minimum atomic E-state index is -0.575. The fourth-order valence-corrected chi connectivity index (χ4v) is 8.31. The van der Waals surface area contributed by atoms with Gasteiger partial charge in [0, 0.05) is 37.4 Å². The van der Waals surface area contributed by atoms with E-state index in [2.05, 4.69) is 42.3 Å². The minimum absolute atomic E-state index is 0.00860. The molecule has 6 rings (SSSR count). The number of anilines is 1. The Morgan fingerprint density at radius 1 is 0.896 bits per heavy atom. The van der Waals surface area contributed by atoms with Crippen LogP contribution >= 0.6 is 0 Å². The zero-order valence-corrected chi connectivity index (χ0v) is 28.6. The highest BCUT2D eigenvalue weighted by Crippen LogP contribution is 2.56. The highest BCUT2D eigenvalue weighted by molar-refractivity contribution is 6.09. The predicted molar refractivity (Wildman–Crippen MR) is 186 cm³/mol. The second-order valence-electron chi connectivity index (χ2n) is 13.7. The van der Waals surface area contributed by atoms with E-state index in [-0.39, 0.29) is 23.8 Å². The first kappa shape index (κ1) is 33.6. The molecular formula is C40H49N2O6+. The lowest BCUT2D eigenvalue weighted by atomic mass is 9.69. The number of benzene rings is 3. The number of amides is 1. The first-order valence-electron chi connectivity index (χ1n) is 17.4. The van der Waals surface area contributed by atoms with E-state index in [1.807, 2.05) is 48.5 Å². The van der Waals surface area contributed by atoms with Gasteiger partial charge >= 0.3 is 5.97 Å². The molecule has 4 atom stereocenters. The summed E-state index contributed by atoms with van der Waals surface area (Å²) in [6.45, 7) is 3.78. The van der Waals surface area contributed by atoms with Crippen LogP contribution in [0.5, 0.6) is 11.5 Å². The summed E-state index contributed by atoms with van der Waals surface area (Å²) in [6, 6.07) is 26.4. The summed E-state index contributed by atoms with van der Waals surface area (Å²) in [5.74, 6) is 1.54. The van der Waals surface area contributed by atoms with Crippen LogP contribution in [-0.2, 0) is 31.1 Å². The summed E-state index contributed by atoms with van der Waals surface area (Å²) in [5.41, 5.74) is 3.34. The van der Waals surface area contributed by atoms with Crippen molar-refractivity contribution in [3.8, 4) is 11.5 Å². The van der Waals surface area contributed by atoms with Crippen LogP contribution in [0.2, 0.25) is 0 Å². The number of nitrogens with zero attached hydrogens (tertiary/aromatic N) is 2. The van der Waals surface area contributed by atoms with Crippen molar-refractivity contribution in [2.45, 2.75) is 63.0 Å². The van der Waals surface area contributed by atoms with Crippen molar-refractivity contribution >= 4 is 17.6 Å². The molecule has 0 aliphatic carbocycles. The number of carbonyl (C=O) groups excluding carboxylic acids is 2. The van der Waals surface area contributed by atoms with Gasteiger partial charge in [0.1, 0.15) is 29.6 Å². The Bertz CT molecular complexity index is 1590. The molecule has 3 aromatic carbocycles. The number of carbonyl (C=O) groups is 2. The van der Waals surface area contributed by atoms with Gasteiger partial charge in [-0.15, -0.1) is 0 Å². The van der Waals surface area contributed by atoms with Gasteiger partial charge < -0.3 is 28.3 Å². The molecule has 1 amide bonds. The van der Waals surface area contributed by atoms with Gasteiger partial charge in [-0.1, -0.05) is 61.4 Å². The highest BCUT2D eigenvalue weighted by Gasteiger charge is 2.67. The van der Waals surface area contributed by atoms with Crippen LogP contribution in [0.3, 0.4) is 0 Å². The van der Waals surface area contributed by atoms with Crippen LogP contribution in [0.15, 0.2) is 90.7 Å². The van der Waals surface area contributed by atoms with Crippen LogP contribution in [0.25, 0.3) is 0 Å². The van der Waals surface area contributed by atoms with Crippen molar-refractivity contribution in [1.82, 2.24) is 0 Å². The number of hydrogen-bond donors (Lipinski definition) is 0. The number of hydrogen-bond acceptors (Lipinski definition) is 6. The minimum Gasteiger partial charge on any atom is -0.504 e. The van der Waals surface area contributed by atoms with Crippen molar-refractivity contribution in [2.24, 2.45) is 5.92 Å². The molecule has 254 valence electrons. The Morgan fingerprint density at radius 3 is 2.35 bits per heavy atom. The maximum absolute atomic E-state index is 14.6. The number of piperidine rings is 1. The number of unbranched alkanes of at least 4 members (excludes halogenated alkanes) is 3. The van der Waals surface area contributed by atoms with E-state index < -0.39 is 5.41 Å². The molecule has 1 spiro atoms. The zero-order chi connectivity index (χ0) is 33.6. The Kier molecular flexibility index (Phi) is 10.4. The fraction of sp³-hybridized carbons (Fsp3) is 0.450. The molecule has 0 aromatic heterocycles. The van der Waals surface area contributed by atoms with Gasteiger partial charge in [0.05, 0.1) is 52.8 Å². The second kappa shape index (κ2) is 14.9. The number of likely N-dealkylation sites (N-methyl/N-ethyl adjacent to an activating group) is 1. The van der Waals surface area contributed by atoms with E-state index in [1.54, 1.807) is 7.11 Å². The monoisotopic (exact) mass is 653 g/mol. The predicted octanol–water partition coefficient (Wildman–Crippen LogP) is 6.82. The Balaban J connectivity index is 1.02. The normalized spacial score (nSPS) is 24.7. The molecule has 8 heteroatoms. The summed E-state index contributed by atoms with van der Waals surface area (Å²) >= 11 is 0. The summed E-state index contributed by atoms with van der Waals surface area (Å²) in [6.07, 6.45) is 7.93. The van der Waals surface area contributed by atoms with Crippen molar-refractivity contribution in [3.05, 3.63) is 102 Å². The largest absolute Gasteiger partial charge is 0.504 e. The lowest BCUT2D eigenvalue weighted by molar-refractivity contribution is -0.928. The van der Waals surface area contributed by atoms with E-state index in [0.29, 0.717) is 25.3 Å². The number of fused-ring (bicyclic) bond motifs is 4. The fourth-order valence-electron chi connectivity index (χ4n) is 8.31. The van der Waals surface area contributed by atoms with E-state index in [0.717, 1.165) is 90.8 Å². The first-order valence-corrected chi connectivity index (χ1v) is 17.4. The van der Waals surface area contributed by atoms with Crippen LogP contribution in [-0.4, -0.2) is 69.9 Å². The third-order valence-electron chi connectivity index (χ3n) is 10.9. The van der Waals surface area contributed by atoms with Gasteiger partial charge in [-0.05, 0) is 54.3 Å². The Morgan fingerprint density at radius 2 is 1.60 bits per heavy atom. The first-order chi connectivity index (χ1) is 23.4. The average molecular weight is 654 g/mol. The number of quaternary nitrogens is 1. The quantitative estimate of drug-likeness (QED) is 0.0625. The van der Waals surface area contributed by atoms with E-state index >= 15 is 0 Å². The molecule has 48 heavy (non-hydrogen) atoms. The molecule has 3 aliphatic heterocycles. The van der Waals surface area contributed by atoms with E-state index in [9.17, 15) is 9.59 Å². The van der Waals surface area contributed by atoms with Gasteiger partial charge in [-0.25, -0.2) is 4.79 Å². The summed E-state index contributed by atoms with van der Waals surface area (Å²) in [4.78, 5) is 29.3. The van der Waals surface area contributed by atoms with Crippen molar-refractivity contribution in [2.75, 3.05) is 52.4 Å². The zero-order valence-electron chi connectivity index (χ0n) is 28.6. The summed E-state index contributed by atoms with van der Waals surface area (Å²) in [5, 5.41) is 0. The maximum atomic E-state index is 14.6. The summed E-state index contributed by atoms with van der Waals surface area (Å²) in [7, 11) is 5.27. The lowest BCUT2D eigenvalue weighted by Gasteiger charge is -2.46. The average Bonchev–Trinajstić information content (AvgIpc) is 3.56. The van der Waals surface area contributed by atoms with Gasteiger partial charge in [0.15, 0.2) is 0 Å². The van der Waals surface area contributed by atoms with Crippen LogP contribution in [0, 0.1) is 5.92 Å². The van der Waals surface area contributed by atoms with E-state index in [1.165, 1.54) is 13.4 Å². The SMILES string of the molecule is CO/C=C(/C(=O)OC)[C@@H]1CC[N+]2(C)CC[C@]3(C(=O)N(CCCCCCOc4ccc(OCc5ccccc5)cc4)c4ccccc43)C2C1. The van der Waals surface area contributed by atoms with Crippen LogP contribution in [0.4, 0.5) is 5.69 Å². The van der Waals surface area contributed by atoms with Crippen molar-refractivity contribution in [3.63, 3.8) is 0 Å². The molecule has 0 saturated carbocycles. The van der Waals surface area contributed by atoms with Gasteiger partial charge in [0.25, 0.3) is 0 Å². The third-order valence-corrected chi connectivity index (χ3v) is 10.9. The van der Waals surface area contributed by atoms with Crippen molar-refractivity contribution < 1.29 is 33.0 Å². The summed E-state index contributed by atoms with van der Waals surface area (Å²) < 4.78 is 23.1. The molecular weight excluding hydrogens is 604 g/mol. The number of esters is 1. The molecule has 0 bridgehead atoms. The molecule has 3 heterocycles.